The summed E-state index contributed by atoms with van der Waals surface area (Å²) in [6.45, 7) is 2.16. The van der Waals surface area contributed by atoms with Gasteiger partial charge in [0.15, 0.2) is 0 Å². The highest BCUT2D eigenvalue weighted by molar-refractivity contribution is 14.1. The molecule has 0 bridgehead atoms. The van der Waals surface area contributed by atoms with Crippen LogP contribution in [0.5, 0.6) is 5.75 Å². The lowest BCUT2D eigenvalue weighted by atomic mass is 10.1. The number of urea groups is 1. The van der Waals surface area contributed by atoms with Gasteiger partial charge in [-0.25, -0.2) is 14.1 Å². The van der Waals surface area contributed by atoms with Gasteiger partial charge in [-0.2, -0.15) is 0 Å². The summed E-state index contributed by atoms with van der Waals surface area (Å²) in [7, 11) is 0. The molecule has 3 aromatic carbocycles. The van der Waals surface area contributed by atoms with Gasteiger partial charge < -0.3 is 4.74 Å². The number of rotatable bonds is 5. The normalized spacial score (nSPS) is 15.1. The van der Waals surface area contributed by atoms with E-state index in [-0.39, 0.29) is 18.0 Å². The van der Waals surface area contributed by atoms with Crippen molar-refractivity contribution in [3.05, 3.63) is 98.4 Å². The summed E-state index contributed by atoms with van der Waals surface area (Å²) in [6.07, 6.45) is 1.44. The summed E-state index contributed by atoms with van der Waals surface area (Å²) in [6, 6.07) is 17.3. The van der Waals surface area contributed by atoms with Crippen molar-refractivity contribution < 1.29 is 23.5 Å². The van der Waals surface area contributed by atoms with Crippen LogP contribution < -0.4 is 15.0 Å². The average molecular weight is 556 g/mol. The molecule has 0 atom stereocenters. The zero-order chi connectivity index (χ0) is 23.5. The maximum atomic E-state index is 13.0. The van der Waals surface area contributed by atoms with Crippen molar-refractivity contribution in [3.8, 4) is 5.75 Å². The topological polar surface area (TPSA) is 75.7 Å². The molecule has 1 heterocycles. The second-order valence-electron chi connectivity index (χ2n) is 7.40. The van der Waals surface area contributed by atoms with Crippen LogP contribution in [0.4, 0.5) is 14.9 Å². The number of hydrogen-bond acceptors (Lipinski definition) is 4. The standard InChI is InChI=1S/C25H18FIN2O4/c1-15-2-9-19(10-3-15)29-24(31)20(23(30)28-25(29)32)12-17-6-11-22(21(27)13-17)33-14-16-4-7-18(26)8-5-16/h2-13H,14H2,1H3,(H,28,30,32)/b20-12+. The second-order valence-corrected chi connectivity index (χ2v) is 8.56. The average Bonchev–Trinajstić information content (AvgIpc) is 2.78. The third kappa shape index (κ3) is 5.11. The highest BCUT2D eigenvalue weighted by Crippen LogP contribution is 2.26. The van der Waals surface area contributed by atoms with E-state index in [1.165, 1.54) is 18.2 Å². The van der Waals surface area contributed by atoms with E-state index in [9.17, 15) is 18.8 Å². The number of anilines is 1. The van der Waals surface area contributed by atoms with Crippen LogP contribution in [0, 0.1) is 16.3 Å². The Morgan fingerprint density at radius 2 is 1.70 bits per heavy atom. The first kappa shape index (κ1) is 22.7. The van der Waals surface area contributed by atoms with Crippen molar-refractivity contribution in [3.63, 3.8) is 0 Å². The zero-order valence-corrected chi connectivity index (χ0v) is 19.6. The number of barbiturate groups is 1. The fourth-order valence-electron chi connectivity index (χ4n) is 3.22. The molecule has 0 unspecified atom stereocenters. The minimum atomic E-state index is -0.787. The molecule has 1 aliphatic heterocycles. The van der Waals surface area contributed by atoms with Gasteiger partial charge in [-0.3, -0.25) is 14.9 Å². The van der Waals surface area contributed by atoms with Gasteiger partial charge in [-0.1, -0.05) is 35.9 Å². The van der Waals surface area contributed by atoms with Crippen molar-refractivity contribution in [1.82, 2.24) is 5.32 Å². The number of imide groups is 2. The molecule has 4 rings (SSSR count). The fraction of sp³-hybridized carbons (Fsp3) is 0.0800. The summed E-state index contributed by atoms with van der Waals surface area (Å²) in [4.78, 5) is 38.6. The lowest BCUT2D eigenvalue weighted by Gasteiger charge is -2.26. The molecule has 6 nitrogen and oxygen atoms in total. The summed E-state index contributed by atoms with van der Waals surface area (Å²) in [5, 5.41) is 2.22. The molecule has 0 aromatic heterocycles. The molecule has 0 aliphatic carbocycles. The maximum absolute atomic E-state index is 13.0. The first-order chi connectivity index (χ1) is 15.8. The van der Waals surface area contributed by atoms with Crippen LogP contribution in [-0.4, -0.2) is 17.8 Å². The van der Waals surface area contributed by atoms with Crippen LogP contribution in [0.2, 0.25) is 0 Å². The summed E-state index contributed by atoms with van der Waals surface area (Å²) in [5.74, 6) is -1.15. The predicted octanol–water partition coefficient (Wildman–Crippen LogP) is 4.98. The molecule has 1 saturated heterocycles. The quantitative estimate of drug-likeness (QED) is 0.273. The number of hydrogen-bond donors (Lipinski definition) is 1. The summed E-state index contributed by atoms with van der Waals surface area (Å²) < 4.78 is 19.6. The Balaban J connectivity index is 1.55. The molecule has 1 aliphatic rings. The third-order valence-electron chi connectivity index (χ3n) is 4.97. The molecule has 8 heteroatoms. The molecule has 1 fully saturated rings. The van der Waals surface area contributed by atoms with Crippen molar-refractivity contribution in [2.24, 2.45) is 0 Å². The minimum Gasteiger partial charge on any atom is -0.488 e. The van der Waals surface area contributed by atoms with Gasteiger partial charge in [-0.05, 0) is 83.1 Å². The van der Waals surface area contributed by atoms with Gasteiger partial charge in [0.1, 0.15) is 23.7 Å². The van der Waals surface area contributed by atoms with Gasteiger partial charge in [0.25, 0.3) is 11.8 Å². The number of nitrogens with zero attached hydrogens (tertiary/aromatic N) is 1. The van der Waals surface area contributed by atoms with E-state index in [4.69, 9.17) is 4.74 Å². The van der Waals surface area contributed by atoms with Gasteiger partial charge in [0.05, 0.1) is 9.26 Å². The molecule has 33 heavy (non-hydrogen) atoms. The number of carbonyl (C=O) groups excluding carboxylic acids is 3. The molecule has 0 saturated carbocycles. The predicted molar refractivity (Wildman–Crippen MR) is 130 cm³/mol. The van der Waals surface area contributed by atoms with E-state index in [0.29, 0.717) is 17.0 Å². The van der Waals surface area contributed by atoms with Crippen LogP contribution in [0.15, 0.2) is 72.3 Å². The molecule has 4 amide bonds. The zero-order valence-electron chi connectivity index (χ0n) is 17.5. The van der Waals surface area contributed by atoms with E-state index in [1.54, 1.807) is 54.6 Å². The lowest BCUT2D eigenvalue weighted by Crippen LogP contribution is -2.54. The highest BCUT2D eigenvalue weighted by atomic mass is 127. The van der Waals surface area contributed by atoms with Crippen molar-refractivity contribution in [1.29, 1.82) is 0 Å². The highest BCUT2D eigenvalue weighted by Gasteiger charge is 2.36. The summed E-state index contributed by atoms with van der Waals surface area (Å²) in [5.41, 5.74) is 2.63. The fourth-order valence-corrected chi connectivity index (χ4v) is 3.91. The minimum absolute atomic E-state index is 0.147. The van der Waals surface area contributed by atoms with Gasteiger partial charge in [-0.15, -0.1) is 0 Å². The number of aryl methyl sites for hydroxylation is 1. The van der Waals surface area contributed by atoms with Crippen molar-refractivity contribution >= 4 is 52.2 Å². The summed E-state index contributed by atoms with van der Waals surface area (Å²) >= 11 is 2.09. The van der Waals surface area contributed by atoms with Crippen LogP contribution in [0.25, 0.3) is 6.08 Å². The molecular weight excluding hydrogens is 538 g/mol. The molecule has 1 N–H and O–H groups in total. The Hall–Kier alpha value is -3.53. The van der Waals surface area contributed by atoms with Gasteiger partial charge in [0.2, 0.25) is 0 Å². The van der Waals surface area contributed by atoms with E-state index in [2.05, 4.69) is 27.9 Å². The maximum Gasteiger partial charge on any atom is 0.335 e. The van der Waals surface area contributed by atoms with Crippen LogP contribution in [0.3, 0.4) is 0 Å². The first-order valence-corrected chi connectivity index (χ1v) is 11.0. The number of benzene rings is 3. The number of amides is 4. The number of ether oxygens (including phenoxy) is 1. The van der Waals surface area contributed by atoms with E-state index < -0.39 is 17.8 Å². The van der Waals surface area contributed by atoms with Crippen LogP contribution in [0.1, 0.15) is 16.7 Å². The number of nitrogens with one attached hydrogen (secondary N) is 1. The molecule has 166 valence electrons. The molecule has 3 aromatic rings. The van der Waals surface area contributed by atoms with E-state index >= 15 is 0 Å². The lowest BCUT2D eigenvalue weighted by molar-refractivity contribution is -0.122. The van der Waals surface area contributed by atoms with Crippen LogP contribution in [-0.2, 0) is 16.2 Å². The SMILES string of the molecule is Cc1ccc(N2C(=O)NC(=O)/C(=C\c3ccc(OCc4ccc(F)cc4)c(I)c3)C2=O)cc1. The van der Waals surface area contributed by atoms with Crippen molar-refractivity contribution in [2.45, 2.75) is 13.5 Å². The Kier molecular flexibility index (Phi) is 6.55. The van der Waals surface area contributed by atoms with Gasteiger partial charge in [0, 0.05) is 0 Å². The second kappa shape index (κ2) is 9.53. The van der Waals surface area contributed by atoms with Crippen LogP contribution >= 0.6 is 22.6 Å². The third-order valence-corrected chi connectivity index (χ3v) is 5.81. The molecule has 0 spiro atoms. The smallest absolute Gasteiger partial charge is 0.335 e. The Bertz CT molecular complexity index is 1270. The molecule has 0 radical (unpaired) electrons. The van der Waals surface area contributed by atoms with E-state index in [1.807, 2.05) is 6.92 Å². The number of carbonyl (C=O) groups is 3. The van der Waals surface area contributed by atoms with Crippen molar-refractivity contribution in [2.75, 3.05) is 4.90 Å². The van der Waals surface area contributed by atoms with E-state index in [0.717, 1.165) is 19.6 Å². The first-order valence-electron chi connectivity index (χ1n) is 9.97. The monoisotopic (exact) mass is 556 g/mol. The Morgan fingerprint density at radius 3 is 2.36 bits per heavy atom. The van der Waals surface area contributed by atoms with Gasteiger partial charge >= 0.3 is 6.03 Å². The Morgan fingerprint density at radius 1 is 1.00 bits per heavy atom. The largest absolute Gasteiger partial charge is 0.488 e. The number of halogens is 2. The molecular formula is C25H18FIN2O4. The Labute approximate surface area is 203 Å².